The summed E-state index contributed by atoms with van der Waals surface area (Å²) >= 11 is 5.94. The van der Waals surface area contributed by atoms with Crippen molar-refractivity contribution in [2.45, 2.75) is 13.5 Å². The second-order valence-electron chi connectivity index (χ2n) is 6.52. The highest BCUT2D eigenvalue weighted by atomic mass is 35.5. The summed E-state index contributed by atoms with van der Waals surface area (Å²) in [6.07, 6.45) is 0. The third-order valence-electron chi connectivity index (χ3n) is 4.55. The molecule has 0 bridgehead atoms. The third kappa shape index (κ3) is 3.49. The molecule has 28 heavy (non-hydrogen) atoms. The monoisotopic (exact) mass is 393 g/mol. The lowest BCUT2D eigenvalue weighted by molar-refractivity contribution is 0.618. The maximum atomic E-state index is 13.7. The van der Waals surface area contributed by atoms with Crippen LogP contribution in [0.4, 0.5) is 4.39 Å². The molecule has 1 N–H and O–H groups in total. The molecule has 0 saturated carbocycles. The molecule has 4 rings (SSSR count). The summed E-state index contributed by atoms with van der Waals surface area (Å²) < 4.78 is 15.2. The molecule has 0 spiro atoms. The van der Waals surface area contributed by atoms with E-state index in [4.69, 9.17) is 11.6 Å². The van der Waals surface area contributed by atoms with Gasteiger partial charge in [-0.25, -0.2) is 14.1 Å². The van der Waals surface area contributed by atoms with Crippen molar-refractivity contribution in [2.24, 2.45) is 0 Å². The van der Waals surface area contributed by atoms with E-state index in [1.165, 1.54) is 10.7 Å². The number of fused-ring (bicyclic) bond motifs is 1. The van der Waals surface area contributed by atoms with E-state index in [1.807, 2.05) is 18.2 Å². The van der Waals surface area contributed by atoms with E-state index in [9.17, 15) is 9.18 Å². The first-order chi connectivity index (χ1) is 13.5. The molecule has 0 atom stereocenters. The molecular weight excluding hydrogens is 377 g/mol. The number of halogens is 2. The van der Waals surface area contributed by atoms with E-state index in [2.05, 4.69) is 10.4 Å². The van der Waals surface area contributed by atoms with Gasteiger partial charge in [-0.3, -0.25) is 4.79 Å². The number of para-hydroxylation sites is 1. The molecule has 6 heteroatoms. The van der Waals surface area contributed by atoms with E-state index < -0.39 is 0 Å². The van der Waals surface area contributed by atoms with Gasteiger partial charge in [0.15, 0.2) is 5.82 Å². The quantitative estimate of drug-likeness (QED) is 0.536. The Bertz CT molecular complexity index is 1220. The highest BCUT2D eigenvalue weighted by Gasteiger charge is 2.14. The number of hydrogen-bond acceptors (Lipinski definition) is 3. The summed E-state index contributed by atoms with van der Waals surface area (Å²) in [6.45, 7) is 2.09. The topological polar surface area (TPSA) is 46.9 Å². The maximum absolute atomic E-state index is 13.7. The van der Waals surface area contributed by atoms with Crippen LogP contribution in [0.1, 0.15) is 11.1 Å². The van der Waals surface area contributed by atoms with Gasteiger partial charge in [0.05, 0.1) is 17.4 Å². The fraction of sp³-hybridized carbons (Fsp3) is 0.0909. The first-order valence-corrected chi connectivity index (χ1v) is 9.17. The summed E-state index contributed by atoms with van der Waals surface area (Å²) in [5.74, 6) is 0.133. The second kappa shape index (κ2) is 7.44. The van der Waals surface area contributed by atoms with Gasteiger partial charge < -0.3 is 5.43 Å². The first kappa shape index (κ1) is 18.2. The Morgan fingerprint density at radius 1 is 1.07 bits per heavy atom. The molecule has 4 aromatic rings. The van der Waals surface area contributed by atoms with Crippen molar-refractivity contribution in [3.8, 4) is 11.4 Å². The van der Waals surface area contributed by atoms with Crippen LogP contribution in [-0.2, 0) is 6.54 Å². The number of hydrogen-bond donors (Lipinski definition) is 1. The molecule has 0 unspecified atom stereocenters. The zero-order valence-corrected chi connectivity index (χ0v) is 15.9. The highest BCUT2D eigenvalue weighted by Crippen LogP contribution is 2.21. The van der Waals surface area contributed by atoms with E-state index in [-0.39, 0.29) is 11.4 Å². The fourth-order valence-corrected chi connectivity index (χ4v) is 3.16. The lowest BCUT2D eigenvalue weighted by Crippen LogP contribution is -2.31. The van der Waals surface area contributed by atoms with Crippen LogP contribution >= 0.6 is 11.6 Å². The molecule has 0 saturated heterocycles. The van der Waals surface area contributed by atoms with Gasteiger partial charge in [0.1, 0.15) is 5.82 Å². The fourth-order valence-electron chi connectivity index (χ4n) is 3.03. The number of aryl methyl sites for hydroxylation is 1. The minimum atomic E-state index is -0.299. The Labute approximate surface area is 166 Å². The molecule has 0 aliphatic rings. The number of nitrogens with one attached hydrogen (secondary N) is 1. The van der Waals surface area contributed by atoms with Gasteiger partial charge in [0.2, 0.25) is 0 Å². The van der Waals surface area contributed by atoms with Gasteiger partial charge in [-0.05, 0) is 60.5 Å². The van der Waals surface area contributed by atoms with Crippen molar-refractivity contribution in [1.29, 1.82) is 0 Å². The zero-order chi connectivity index (χ0) is 19.7. The molecule has 0 aliphatic heterocycles. The minimum absolute atomic E-state index is 0.212. The normalized spacial score (nSPS) is 11.0. The summed E-state index contributed by atoms with van der Waals surface area (Å²) in [5, 5.41) is 1.16. The molecule has 3 aromatic carbocycles. The average Bonchev–Trinajstić information content (AvgIpc) is 2.70. The Balaban J connectivity index is 1.84. The van der Waals surface area contributed by atoms with Crippen LogP contribution in [0.15, 0.2) is 71.5 Å². The van der Waals surface area contributed by atoms with Crippen molar-refractivity contribution < 1.29 is 4.39 Å². The van der Waals surface area contributed by atoms with Gasteiger partial charge >= 0.3 is 0 Å². The summed E-state index contributed by atoms with van der Waals surface area (Å²) in [6, 6.07) is 19.2. The molecule has 4 nitrogen and oxygen atoms in total. The summed E-state index contributed by atoms with van der Waals surface area (Å²) in [5.41, 5.74) is 5.64. The molecule has 1 heterocycles. The van der Waals surface area contributed by atoms with Gasteiger partial charge in [0, 0.05) is 10.6 Å². The molecule has 0 fully saturated rings. The molecule has 0 radical (unpaired) electrons. The Hall–Kier alpha value is -3.18. The predicted octanol–water partition coefficient (Wildman–Crippen LogP) is 4.91. The van der Waals surface area contributed by atoms with Crippen molar-refractivity contribution >= 4 is 22.5 Å². The van der Waals surface area contributed by atoms with Gasteiger partial charge in [0.25, 0.3) is 5.56 Å². The predicted molar refractivity (Wildman–Crippen MR) is 111 cm³/mol. The smallest absolute Gasteiger partial charge is 0.280 e. The second-order valence-corrected chi connectivity index (χ2v) is 6.95. The number of rotatable bonds is 4. The summed E-state index contributed by atoms with van der Waals surface area (Å²) in [4.78, 5) is 17.8. The third-order valence-corrected chi connectivity index (χ3v) is 4.80. The lowest BCUT2D eigenvalue weighted by Gasteiger charge is -2.16. The van der Waals surface area contributed by atoms with E-state index >= 15 is 0 Å². The van der Waals surface area contributed by atoms with Gasteiger partial charge in [-0.15, -0.1) is 0 Å². The molecule has 1 aromatic heterocycles. The van der Waals surface area contributed by atoms with Crippen LogP contribution in [0.3, 0.4) is 0 Å². The van der Waals surface area contributed by atoms with Gasteiger partial charge in [-0.1, -0.05) is 35.9 Å². The van der Waals surface area contributed by atoms with Gasteiger partial charge in [-0.2, -0.15) is 0 Å². The van der Waals surface area contributed by atoms with Crippen LogP contribution in [-0.4, -0.2) is 9.66 Å². The van der Waals surface area contributed by atoms with Crippen molar-refractivity contribution in [3.05, 3.63) is 99.1 Å². The van der Waals surface area contributed by atoms with Crippen molar-refractivity contribution in [1.82, 2.24) is 9.66 Å². The van der Waals surface area contributed by atoms with Crippen LogP contribution < -0.4 is 11.0 Å². The molecule has 140 valence electrons. The van der Waals surface area contributed by atoms with Crippen LogP contribution in [0.2, 0.25) is 5.02 Å². The van der Waals surface area contributed by atoms with Crippen LogP contribution in [0.25, 0.3) is 22.3 Å². The largest absolute Gasteiger partial charge is 0.317 e. The number of nitrogens with zero attached hydrogens (tertiary/aromatic N) is 2. The van der Waals surface area contributed by atoms with Crippen molar-refractivity contribution in [3.63, 3.8) is 0 Å². The zero-order valence-electron chi connectivity index (χ0n) is 15.1. The van der Waals surface area contributed by atoms with Crippen LogP contribution in [0.5, 0.6) is 0 Å². The molecule has 0 amide bonds. The van der Waals surface area contributed by atoms with E-state index in [0.717, 1.165) is 5.56 Å². The van der Waals surface area contributed by atoms with Crippen LogP contribution in [0, 0.1) is 12.7 Å². The maximum Gasteiger partial charge on any atom is 0.280 e. The minimum Gasteiger partial charge on any atom is -0.317 e. The number of aromatic nitrogens is 2. The highest BCUT2D eigenvalue weighted by molar-refractivity contribution is 6.30. The SMILES string of the molecule is Cc1cc(-c2nc3ccccc3c(=O)n2NCc2ccc(Cl)cc2)ccc1F. The van der Waals surface area contributed by atoms with E-state index in [1.54, 1.807) is 49.4 Å². The lowest BCUT2D eigenvalue weighted by atomic mass is 10.1. The van der Waals surface area contributed by atoms with Crippen molar-refractivity contribution in [2.75, 3.05) is 5.43 Å². The first-order valence-electron chi connectivity index (χ1n) is 8.79. The van der Waals surface area contributed by atoms with E-state index in [0.29, 0.717) is 39.4 Å². The summed E-state index contributed by atoms with van der Waals surface area (Å²) in [7, 11) is 0. The Kier molecular flexibility index (Phi) is 4.84. The Morgan fingerprint density at radius 2 is 1.82 bits per heavy atom. The Morgan fingerprint density at radius 3 is 2.57 bits per heavy atom. The standard InChI is InChI=1S/C22H17ClFN3O/c1-14-12-16(8-11-19(14)24)21-26-20-5-3-2-4-18(20)22(28)27(21)25-13-15-6-9-17(23)10-7-15/h2-12,25H,13H2,1H3. The average molecular weight is 394 g/mol. The molecular formula is C22H17ClFN3O. The number of benzene rings is 3. The molecule has 0 aliphatic carbocycles.